The molecule has 10 rings (SSSR count). The van der Waals surface area contributed by atoms with Crippen molar-refractivity contribution in [3.63, 3.8) is 0 Å². The third kappa shape index (κ3) is 2.78. The number of hydrazone groups is 1. The molecule has 7 aliphatic rings. The maximum Gasteiger partial charge on any atom is 0.254 e. The minimum Gasteiger partial charge on any atom is -0.274 e. The number of nitrogens with zero attached hydrogens (tertiary/aromatic N) is 4. The first-order chi connectivity index (χ1) is 21.0. The number of amides is 4. The van der Waals surface area contributed by atoms with Crippen LogP contribution in [-0.2, 0) is 24.6 Å². The Balaban J connectivity index is 1.25. The van der Waals surface area contributed by atoms with Gasteiger partial charge in [0.25, 0.3) is 11.8 Å². The van der Waals surface area contributed by atoms with Crippen molar-refractivity contribution >= 4 is 35.5 Å². The predicted octanol–water partition coefficient (Wildman–Crippen LogP) is 3.90. The van der Waals surface area contributed by atoms with E-state index >= 15 is 0 Å². The maximum absolute atomic E-state index is 14.6. The highest BCUT2D eigenvalue weighted by Gasteiger charge is 2.68. The number of imide groups is 2. The number of fused-ring (bicyclic) bond motifs is 5. The average molecular weight is 565 g/mol. The Kier molecular flexibility index (Phi) is 4.68. The third-order valence-electron chi connectivity index (χ3n) is 10.8. The zero-order chi connectivity index (χ0) is 29.2. The number of anilines is 1. The van der Waals surface area contributed by atoms with Crippen LogP contribution in [0, 0.1) is 46.8 Å². The molecule has 3 fully saturated rings. The Labute approximate surface area is 246 Å². The number of carbonyl (C=O) groups is 4. The van der Waals surface area contributed by atoms with Crippen LogP contribution in [0.3, 0.4) is 0 Å². The minimum atomic E-state index is -1.22. The molecule has 2 heterocycles. The molecule has 0 radical (unpaired) electrons. The summed E-state index contributed by atoms with van der Waals surface area (Å²) in [4.78, 5) is 57.3. The van der Waals surface area contributed by atoms with Crippen molar-refractivity contribution in [2.45, 2.75) is 17.8 Å². The summed E-state index contributed by atoms with van der Waals surface area (Å²) in [6.07, 6.45) is 6.49. The molecule has 3 aromatic carbocycles. The molecule has 2 aliphatic heterocycles. The first-order valence-electron chi connectivity index (χ1n) is 14.6. The number of carbonyl (C=O) groups excluding carboxylic acids is 4. The highest BCUT2D eigenvalue weighted by atomic mass is 16.2. The Morgan fingerprint density at radius 1 is 0.744 bits per heavy atom. The normalized spacial score (nSPS) is 34.2. The van der Waals surface area contributed by atoms with E-state index in [0.717, 1.165) is 33.7 Å². The van der Waals surface area contributed by atoms with Crippen LogP contribution in [0.15, 0.2) is 90.0 Å². The van der Waals surface area contributed by atoms with Crippen LogP contribution in [-0.4, -0.2) is 34.9 Å². The minimum absolute atomic E-state index is 0.0450. The number of para-hydroxylation sites is 1. The predicted molar refractivity (Wildman–Crippen MR) is 154 cm³/mol. The number of allylic oxidation sites excluding steroid dienone is 2. The topological polar surface area (TPSA) is 111 Å². The smallest absolute Gasteiger partial charge is 0.254 e. The number of hydrogen-bond donors (Lipinski definition) is 0. The summed E-state index contributed by atoms with van der Waals surface area (Å²) in [5.41, 5.74) is 2.78. The summed E-state index contributed by atoms with van der Waals surface area (Å²) in [5.74, 6) is -4.12. The van der Waals surface area contributed by atoms with Gasteiger partial charge in [-0.2, -0.15) is 15.4 Å². The van der Waals surface area contributed by atoms with E-state index in [2.05, 4.69) is 11.2 Å². The van der Waals surface area contributed by atoms with Gasteiger partial charge in [-0.1, -0.05) is 72.8 Å². The second-order valence-electron chi connectivity index (χ2n) is 12.4. The molecular weight excluding hydrogens is 540 g/mol. The zero-order valence-electron chi connectivity index (χ0n) is 22.8. The molecule has 3 aromatic rings. The van der Waals surface area contributed by atoms with E-state index in [9.17, 15) is 24.4 Å². The van der Waals surface area contributed by atoms with Crippen LogP contribution in [0.5, 0.6) is 0 Å². The third-order valence-corrected chi connectivity index (χ3v) is 10.8. The number of hydrogen-bond acceptors (Lipinski definition) is 6. The van der Waals surface area contributed by atoms with Crippen molar-refractivity contribution in [3.05, 3.63) is 113 Å². The van der Waals surface area contributed by atoms with Crippen molar-refractivity contribution in [3.8, 4) is 6.07 Å². The van der Waals surface area contributed by atoms with Gasteiger partial charge in [0.1, 0.15) is 6.07 Å². The van der Waals surface area contributed by atoms with Gasteiger partial charge in [-0.3, -0.25) is 19.2 Å². The summed E-state index contributed by atoms with van der Waals surface area (Å²) in [7, 11) is 0. The molecule has 8 nitrogen and oxygen atoms in total. The number of benzene rings is 3. The van der Waals surface area contributed by atoms with Crippen LogP contribution in [0.2, 0.25) is 0 Å². The van der Waals surface area contributed by atoms with E-state index < -0.39 is 35.0 Å². The summed E-state index contributed by atoms with van der Waals surface area (Å²) >= 11 is 0. The van der Waals surface area contributed by atoms with Gasteiger partial charge in [0.2, 0.25) is 11.8 Å². The quantitative estimate of drug-likeness (QED) is 0.272. The molecule has 0 aromatic heterocycles. The summed E-state index contributed by atoms with van der Waals surface area (Å²) in [5, 5.41) is 15.5. The van der Waals surface area contributed by atoms with E-state index in [1.165, 1.54) is 4.90 Å². The summed E-state index contributed by atoms with van der Waals surface area (Å²) in [6.45, 7) is 0. The van der Waals surface area contributed by atoms with Crippen molar-refractivity contribution in [2.24, 2.45) is 40.6 Å². The van der Waals surface area contributed by atoms with Crippen molar-refractivity contribution in [1.82, 2.24) is 5.01 Å². The first kappa shape index (κ1) is 24.4. The summed E-state index contributed by atoms with van der Waals surface area (Å²) < 4.78 is 0. The Hall–Kier alpha value is -5.16. The van der Waals surface area contributed by atoms with Crippen LogP contribution >= 0.6 is 0 Å². The van der Waals surface area contributed by atoms with Gasteiger partial charge < -0.3 is 0 Å². The SMILES string of the molecule is N#Cc1ccccc1N1C(=O)[C@@H]2C3c4ccccc4C(/C=N\N4C(=O)[C@@H]5[C@H](C4=O)[C@H]4C=C[C@H]5C4)(c4ccccc43)[C@H]2C1=O. The van der Waals surface area contributed by atoms with Crippen molar-refractivity contribution in [2.75, 3.05) is 4.90 Å². The van der Waals surface area contributed by atoms with Crippen molar-refractivity contribution in [1.29, 1.82) is 5.26 Å². The Bertz CT molecular complexity index is 1860. The standard InChI is InChI=1S/C35H24N4O4/c36-16-20-7-1-6-12-25(20)38-31(40)29-28-21-8-2-4-10-23(21)35(30(29)34(38)43,24-11-5-3-9-22(24)28)17-37-39-32(41)26-18-13-14-19(15-18)27(26)33(39)42/h1-14,17-19,26-30H,15H2/b37-17-/t18-,19-,26-,27+,28?,29+,30+,35?/m0/s1. The van der Waals surface area contributed by atoms with Gasteiger partial charge in [-0.25, -0.2) is 4.90 Å². The fourth-order valence-corrected chi connectivity index (χ4v) is 9.20. The lowest BCUT2D eigenvalue weighted by Crippen LogP contribution is -2.55. The molecule has 0 unspecified atom stereocenters. The monoisotopic (exact) mass is 564 g/mol. The first-order valence-corrected chi connectivity index (χ1v) is 14.6. The highest BCUT2D eigenvalue weighted by molar-refractivity contribution is 6.25. The van der Waals surface area contributed by atoms with Crippen LogP contribution in [0.25, 0.3) is 0 Å². The molecule has 5 aliphatic carbocycles. The van der Waals surface area contributed by atoms with E-state index in [0.29, 0.717) is 0 Å². The van der Waals surface area contributed by atoms with E-state index in [4.69, 9.17) is 0 Å². The Morgan fingerprint density at radius 2 is 1.33 bits per heavy atom. The maximum atomic E-state index is 14.6. The second kappa shape index (κ2) is 8.23. The van der Waals surface area contributed by atoms with Crippen LogP contribution in [0.1, 0.15) is 40.2 Å². The lowest BCUT2D eigenvalue weighted by Gasteiger charge is -2.52. The molecule has 6 atom stereocenters. The van der Waals surface area contributed by atoms with Crippen molar-refractivity contribution < 1.29 is 19.2 Å². The second-order valence-corrected chi connectivity index (χ2v) is 12.4. The summed E-state index contributed by atoms with van der Waals surface area (Å²) in [6, 6.07) is 24.3. The van der Waals surface area contributed by atoms with E-state index in [-0.39, 0.29) is 46.7 Å². The van der Waals surface area contributed by atoms with Crippen LogP contribution in [0.4, 0.5) is 5.69 Å². The molecular formula is C35H24N4O4. The lowest BCUT2D eigenvalue weighted by atomic mass is 9.47. The number of nitriles is 1. The van der Waals surface area contributed by atoms with Gasteiger partial charge in [0, 0.05) is 12.1 Å². The van der Waals surface area contributed by atoms with Crippen LogP contribution < -0.4 is 4.90 Å². The molecule has 4 bridgehead atoms. The molecule has 43 heavy (non-hydrogen) atoms. The van der Waals surface area contributed by atoms with E-state index in [1.54, 1.807) is 30.5 Å². The molecule has 1 saturated carbocycles. The number of rotatable bonds is 3. The van der Waals surface area contributed by atoms with Gasteiger partial charge in [0.05, 0.1) is 40.3 Å². The lowest BCUT2D eigenvalue weighted by molar-refractivity contribution is -0.140. The molecule has 4 amide bonds. The fourth-order valence-electron chi connectivity index (χ4n) is 9.20. The zero-order valence-corrected chi connectivity index (χ0v) is 22.8. The molecule has 8 heteroatoms. The van der Waals surface area contributed by atoms with Gasteiger partial charge >= 0.3 is 0 Å². The Morgan fingerprint density at radius 3 is 1.95 bits per heavy atom. The molecule has 208 valence electrons. The van der Waals surface area contributed by atoms with Gasteiger partial charge in [0.15, 0.2) is 0 Å². The van der Waals surface area contributed by atoms with Gasteiger partial charge in [-0.15, -0.1) is 0 Å². The van der Waals surface area contributed by atoms with Gasteiger partial charge in [-0.05, 0) is 52.6 Å². The molecule has 0 spiro atoms. The molecule has 2 saturated heterocycles. The fraction of sp³-hybridized carbons (Fsp3) is 0.257. The highest BCUT2D eigenvalue weighted by Crippen LogP contribution is 2.64. The van der Waals surface area contributed by atoms with E-state index in [1.807, 2.05) is 60.7 Å². The average Bonchev–Trinajstić information content (AvgIpc) is 3.78. The largest absolute Gasteiger partial charge is 0.274 e. The molecule has 0 N–H and O–H groups in total.